The zero-order valence-corrected chi connectivity index (χ0v) is 11.8. The molecule has 1 fully saturated rings. The van der Waals surface area contributed by atoms with Crippen LogP contribution < -0.4 is 5.32 Å². The Morgan fingerprint density at radius 2 is 2.00 bits per heavy atom. The minimum absolute atomic E-state index is 0.355. The number of benzene rings is 1. The number of hydrogen-bond acceptors (Lipinski definition) is 2. The Balaban J connectivity index is 2.03. The predicted molar refractivity (Wildman–Crippen MR) is 77.8 cm³/mol. The zero-order valence-electron chi connectivity index (χ0n) is 11.8. The maximum absolute atomic E-state index is 10.9. The van der Waals surface area contributed by atoms with E-state index >= 15 is 0 Å². The second kappa shape index (κ2) is 6.09. The average molecular weight is 261 g/mol. The molecular formula is C16H23NO2. The molecule has 0 saturated heterocycles. The van der Waals surface area contributed by atoms with E-state index in [-0.39, 0.29) is 0 Å². The molecule has 2 rings (SSSR count). The molecular weight excluding hydrogens is 238 g/mol. The molecule has 3 nitrogen and oxygen atoms in total. The van der Waals surface area contributed by atoms with Crippen molar-refractivity contribution in [2.24, 2.45) is 5.92 Å². The van der Waals surface area contributed by atoms with Crippen LogP contribution in [0.1, 0.15) is 54.9 Å². The average Bonchev–Trinajstić information content (AvgIpc) is 2.41. The van der Waals surface area contributed by atoms with Gasteiger partial charge >= 0.3 is 5.97 Å². The van der Waals surface area contributed by atoms with Gasteiger partial charge in [-0.25, -0.2) is 4.79 Å². The lowest BCUT2D eigenvalue weighted by molar-refractivity contribution is 0.0697. The van der Waals surface area contributed by atoms with E-state index in [1.807, 2.05) is 13.0 Å². The number of carboxylic acid groups (broad SMARTS) is 1. The Kier molecular flexibility index (Phi) is 4.46. The third-order valence-electron chi connectivity index (χ3n) is 4.21. The number of hydrogen-bond donors (Lipinski definition) is 2. The molecule has 1 aromatic rings. The molecule has 104 valence electrons. The molecule has 2 N–H and O–H groups in total. The van der Waals surface area contributed by atoms with E-state index < -0.39 is 5.97 Å². The highest BCUT2D eigenvalue weighted by molar-refractivity contribution is 5.88. The largest absolute Gasteiger partial charge is 0.478 e. The predicted octanol–water partition coefficient (Wildman–Crippen LogP) is 4.07. The van der Waals surface area contributed by atoms with Crippen LogP contribution in [0.5, 0.6) is 0 Å². The van der Waals surface area contributed by atoms with Crippen LogP contribution in [0.15, 0.2) is 18.2 Å². The second-order valence-corrected chi connectivity index (χ2v) is 5.67. The number of anilines is 1. The summed E-state index contributed by atoms with van der Waals surface area (Å²) in [7, 11) is 0. The topological polar surface area (TPSA) is 49.3 Å². The van der Waals surface area contributed by atoms with Crippen molar-refractivity contribution in [3.05, 3.63) is 29.3 Å². The molecule has 0 aliphatic heterocycles. The van der Waals surface area contributed by atoms with Crippen LogP contribution in [0, 0.1) is 12.8 Å². The lowest BCUT2D eigenvalue weighted by Gasteiger charge is -2.29. The number of aromatic carboxylic acids is 1. The van der Waals surface area contributed by atoms with Crippen LogP contribution >= 0.6 is 0 Å². The number of rotatable bonds is 4. The fourth-order valence-electron chi connectivity index (χ4n) is 2.96. The van der Waals surface area contributed by atoms with Gasteiger partial charge in [0.1, 0.15) is 0 Å². The fourth-order valence-corrected chi connectivity index (χ4v) is 2.96. The molecule has 1 aromatic carbocycles. The summed E-state index contributed by atoms with van der Waals surface area (Å²) in [4.78, 5) is 10.9. The summed E-state index contributed by atoms with van der Waals surface area (Å²) in [5, 5.41) is 12.5. The van der Waals surface area contributed by atoms with Gasteiger partial charge in [0.2, 0.25) is 0 Å². The molecule has 0 radical (unpaired) electrons. The minimum atomic E-state index is -0.866. The van der Waals surface area contributed by atoms with Gasteiger partial charge < -0.3 is 10.4 Å². The Hall–Kier alpha value is -1.51. The van der Waals surface area contributed by atoms with E-state index in [0.717, 1.165) is 17.2 Å². The summed E-state index contributed by atoms with van der Waals surface area (Å²) in [6.07, 6.45) is 6.66. The van der Waals surface area contributed by atoms with Gasteiger partial charge in [0.05, 0.1) is 5.56 Å². The van der Waals surface area contributed by atoms with Crippen LogP contribution in [-0.2, 0) is 0 Å². The van der Waals surface area contributed by atoms with Gasteiger partial charge in [0.25, 0.3) is 0 Å². The van der Waals surface area contributed by atoms with Gasteiger partial charge in [-0.3, -0.25) is 0 Å². The van der Waals surface area contributed by atoms with E-state index in [1.165, 1.54) is 32.1 Å². The first-order chi connectivity index (χ1) is 9.08. The monoisotopic (exact) mass is 261 g/mol. The summed E-state index contributed by atoms with van der Waals surface area (Å²) in [5.74, 6) is -0.123. The Labute approximate surface area is 115 Å². The Morgan fingerprint density at radius 1 is 1.32 bits per heavy atom. The lowest BCUT2D eigenvalue weighted by Crippen LogP contribution is -2.28. The van der Waals surface area contributed by atoms with Crippen LogP contribution in [0.25, 0.3) is 0 Å². The first-order valence-corrected chi connectivity index (χ1v) is 7.18. The van der Waals surface area contributed by atoms with Crippen LogP contribution in [-0.4, -0.2) is 17.1 Å². The first-order valence-electron chi connectivity index (χ1n) is 7.18. The molecule has 3 heteroatoms. The van der Waals surface area contributed by atoms with Crippen molar-refractivity contribution in [2.45, 2.75) is 52.0 Å². The molecule has 1 saturated carbocycles. The van der Waals surface area contributed by atoms with Crippen molar-refractivity contribution in [2.75, 3.05) is 5.32 Å². The van der Waals surface area contributed by atoms with Crippen LogP contribution in [0.3, 0.4) is 0 Å². The molecule has 0 heterocycles. The molecule has 0 aromatic heterocycles. The van der Waals surface area contributed by atoms with Crippen molar-refractivity contribution in [1.29, 1.82) is 0 Å². The normalized spacial score (nSPS) is 18.0. The molecule has 1 atom stereocenters. The van der Waals surface area contributed by atoms with Gasteiger partial charge in [0.15, 0.2) is 0 Å². The van der Waals surface area contributed by atoms with Crippen molar-refractivity contribution in [1.82, 2.24) is 0 Å². The highest BCUT2D eigenvalue weighted by atomic mass is 16.4. The summed E-state index contributed by atoms with van der Waals surface area (Å²) in [6.45, 7) is 4.20. The maximum Gasteiger partial charge on any atom is 0.335 e. The third kappa shape index (κ3) is 3.49. The van der Waals surface area contributed by atoms with E-state index in [0.29, 0.717) is 11.6 Å². The standard InChI is InChI=1S/C16H23NO2/c1-11-10-14(16(18)19)8-9-15(11)17-12(2)13-6-4-3-5-7-13/h8-10,12-13,17H,3-7H2,1-2H3,(H,18,19). The number of aryl methyl sites for hydroxylation is 1. The number of carbonyl (C=O) groups is 1. The van der Waals surface area contributed by atoms with Crippen molar-refractivity contribution in [3.63, 3.8) is 0 Å². The van der Waals surface area contributed by atoms with Crippen LogP contribution in [0.4, 0.5) is 5.69 Å². The van der Waals surface area contributed by atoms with Gasteiger partial charge in [-0.2, -0.15) is 0 Å². The van der Waals surface area contributed by atoms with Gasteiger partial charge in [-0.15, -0.1) is 0 Å². The SMILES string of the molecule is Cc1cc(C(=O)O)ccc1NC(C)C1CCCCC1. The maximum atomic E-state index is 10.9. The quantitative estimate of drug-likeness (QED) is 0.858. The molecule has 0 amide bonds. The van der Waals surface area contributed by atoms with Gasteiger partial charge in [0, 0.05) is 11.7 Å². The Bertz CT molecular complexity index is 450. The van der Waals surface area contributed by atoms with E-state index in [4.69, 9.17) is 5.11 Å². The molecule has 19 heavy (non-hydrogen) atoms. The van der Waals surface area contributed by atoms with Crippen molar-refractivity contribution >= 4 is 11.7 Å². The highest BCUT2D eigenvalue weighted by Gasteiger charge is 2.20. The fraction of sp³-hybridized carbons (Fsp3) is 0.562. The molecule has 1 unspecified atom stereocenters. The van der Waals surface area contributed by atoms with Crippen molar-refractivity contribution < 1.29 is 9.90 Å². The van der Waals surface area contributed by atoms with Crippen molar-refractivity contribution in [3.8, 4) is 0 Å². The summed E-state index contributed by atoms with van der Waals surface area (Å²) >= 11 is 0. The van der Waals surface area contributed by atoms with E-state index in [2.05, 4.69) is 12.2 Å². The van der Waals surface area contributed by atoms with E-state index in [1.54, 1.807) is 12.1 Å². The number of nitrogens with one attached hydrogen (secondary N) is 1. The third-order valence-corrected chi connectivity index (χ3v) is 4.21. The van der Waals surface area contributed by atoms with Crippen LogP contribution in [0.2, 0.25) is 0 Å². The summed E-state index contributed by atoms with van der Waals surface area (Å²) in [6, 6.07) is 5.75. The first kappa shape index (κ1) is 13.9. The lowest BCUT2D eigenvalue weighted by atomic mass is 9.84. The Morgan fingerprint density at radius 3 is 2.58 bits per heavy atom. The van der Waals surface area contributed by atoms with E-state index in [9.17, 15) is 4.79 Å². The van der Waals surface area contributed by atoms with Gasteiger partial charge in [-0.1, -0.05) is 19.3 Å². The molecule has 0 bridgehead atoms. The summed E-state index contributed by atoms with van der Waals surface area (Å²) < 4.78 is 0. The minimum Gasteiger partial charge on any atom is -0.478 e. The molecule has 0 spiro atoms. The van der Waals surface area contributed by atoms with Gasteiger partial charge in [-0.05, 0) is 56.4 Å². The zero-order chi connectivity index (χ0) is 13.8. The molecule has 1 aliphatic carbocycles. The summed E-state index contributed by atoms with van der Waals surface area (Å²) in [5.41, 5.74) is 2.42. The second-order valence-electron chi connectivity index (χ2n) is 5.67. The molecule has 1 aliphatic rings. The smallest absolute Gasteiger partial charge is 0.335 e. The highest BCUT2D eigenvalue weighted by Crippen LogP contribution is 2.28. The number of carboxylic acids is 1.